The molecule has 0 aliphatic carbocycles. The first-order valence-corrected chi connectivity index (χ1v) is 8.66. The van der Waals surface area contributed by atoms with Crippen LogP contribution < -0.4 is 15.2 Å². The highest BCUT2D eigenvalue weighted by Crippen LogP contribution is 2.40. The van der Waals surface area contributed by atoms with Gasteiger partial charge in [0.05, 0.1) is 36.4 Å². The zero-order valence-electron chi connectivity index (χ0n) is 15.2. The van der Waals surface area contributed by atoms with E-state index in [1.807, 2.05) is 12.1 Å². The van der Waals surface area contributed by atoms with Crippen molar-refractivity contribution < 1.29 is 4.74 Å². The minimum absolute atomic E-state index is 0.0835. The molecule has 5 heteroatoms. The van der Waals surface area contributed by atoms with Crippen LogP contribution in [0.25, 0.3) is 10.9 Å². The van der Waals surface area contributed by atoms with Crippen LogP contribution in [0.1, 0.15) is 25.1 Å². The number of fused-ring (bicyclic) bond motifs is 2. The summed E-state index contributed by atoms with van der Waals surface area (Å²) in [5.41, 5.74) is 3.76. The van der Waals surface area contributed by atoms with Crippen LogP contribution in [-0.2, 0) is 12.0 Å². The third-order valence-electron chi connectivity index (χ3n) is 4.94. The van der Waals surface area contributed by atoms with E-state index in [-0.39, 0.29) is 11.0 Å². The van der Waals surface area contributed by atoms with Crippen LogP contribution in [0.15, 0.2) is 53.5 Å². The van der Waals surface area contributed by atoms with Crippen molar-refractivity contribution in [2.45, 2.75) is 25.8 Å². The zero-order chi connectivity index (χ0) is 18.3. The Labute approximate surface area is 152 Å². The Hall–Kier alpha value is -2.95. The summed E-state index contributed by atoms with van der Waals surface area (Å²) in [6.07, 6.45) is 1.59. The maximum Gasteiger partial charge on any atom is 0.279 e. The average Bonchev–Trinajstić information content (AvgIpc) is 2.79. The van der Waals surface area contributed by atoms with Gasteiger partial charge in [0.1, 0.15) is 5.75 Å². The molecule has 0 unspecified atom stereocenters. The minimum atomic E-state index is -0.292. The standard InChI is InChI=1S/C21H21N3O2/c1-21(2)13-24(19-7-5-4-6-17(19)21)12-14-11-22-20(25)16-10-15(26-3)8-9-18(16)23-14/h4-11H,12-13H2,1-3H3. The maximum absolute atomic E-state index is 12.3. The van der Waals surface area contributed by atoms with Crippen LogP contribution in [0, 0.1) is 0 Å². The van der Waals surface area contributed by atoms with Crippen LogP contribution in [0.2, 0.25) is 0 Å². The molecular weight excluding hydrogens is 326 g/mol. The predicted octanol–water partition coefficient (Wildman–Crippen LogP) is 3.30. The number of methoxy groups -OCH3 is 1. The number of para-hydroxylation sites is 1. The van der Waals surface area contributed by atoms with Crippen LogP contribution in [0.4, 0.5) is 5.69 Å². The van der Waals surface area contributed by atoms with E-state index in [1.54, 1.807) is 19.4 Å². The summed E-state index contributed by atoms with van der Waals surface area (Å²) >= 11 is 0. The number of hydrogen-bond donors (Lipinski definition) is 0. The summed E-state index contributed by atoms with van der Waals surface area (Å²) in [7, 11) is 1.58. The van der Waals surface area contributed by atoms with E-state index >= 15 is 0 Å². The Morgan fingerprint density at radius 2 is 2.00 bits per heavy atom. The summed E-state index contributed by atoms with van der Waals surface area (Å²) < 4.78 is 5.21. The smallest absolute Gasteiger partial charge is 0.279 e. The fourth-order valence-corrected chi connectivity index (χ4v) is 3.68. The lowest BCUT2D eigenvalue weighted by molar-refractivity contribution is 0.415. The number of anilines is 1. The molecule has 5 nitrogen and oxygen atoms in total. The predicted molar refractivity (Wildman–Crippen MR) is 103 cm³/mol. The van der Waals surface area contributed by atoms with Gasteiger partial charge in [-0.3, -0.25) is 4.79 Å². The molecule has 3 aromatic rings. The molecule has 0 amide bonds. The molecule has 26 heavy (non-hydrogen) atoms. The van der Waals surface area contributed by atoms with Crippen molar-refractivity contribution in [3.05, 3.63) is 70.3 Å². The lowest BCUT2D eigenvalue weighted by Gasteiger charge is -2.21. The third kappa shape index (κ3) is 2.79. The maximum atomic E-state index is 12.3. The third-order valence-corrected chi connectivity index (χ3v) is 4.94. The van der Waals surface area contributed by atoms with E-state index in [4.69, 9.17) is 9.72 Å². The molecule has 1 aliphatic rings. The second-order valence-electron chi connectivity index (χ2n) is 7.31. The molecule has 0 saturated heterocycles. The Morgan fingerprint density at radius 1 is 1.19 bits per heavy atom. The van der Waals surface area contributed by atoms with Gasteiger partial charge >= 0.3 is 0 Å². The van der Waals surface area contributed by atoms with Gasteiger partial charge in [-0.1, -0.05) is 32.0 Å². The van der Waals surface area contributed by atoms with Gasteiger partial charge in [0.15, 0.2) is 0 Å². The van der Waals surface area contributed by atoms with E-state index < -0.39 is 0 Å². The van der Waals surface area contributed by atoms with Gasteiger partial charge in [0.2, 0.25) is 0 Å². The van der Waals surface area contributed by atoms with E-state index in [0.29, 0.717) is 23.2 Å². The molecule has 0 radical (unpaired) electrons. The van der Waals surface area contributed by atoms with Gasteiger partial charge in [-0.2, -0.15) is 0 Å². The van der Waals surface area contributed by atoms with Gasteiger partial charge in [-0.25, -0.2) is 9.97 Å². The van der Waals surface area contributed by atoms with E-state index in [1.165, 1.54) is 11.3 Å². The van der Waals surface area contributed by atoms with Gasteiger partial charge < -0.3 is 9.64 Å². The van der Waals surface area contributed by atoms with Crippen molar-refractivity contribution in [3.63, 3.8) is 0 Å². The summed E-state index contributed by atoms with van der Waals surface area (Å²) in [4.78, 5) is 23.4. The second-order valence-corrected chi connectivity index (χ2v) is 7.31. The Kier molecular flexibility index (Phi) is 3.87. The van der Waals surface area contributed by atoms with E-state index in [9.17, 15) is 4.79 Å². The first-order chi connectivity index (χ1) is 12.5. The highest BCUT2D eigenvalue weighted by molar-refractivity contribution is 5.78. The molecule has 0 N–H and O–H groups in total. The van der Waals surface area contributed by atoms with Crippen molar-refractivity contribution in [1.82, 2.24) is 9.97 Å². The molecule has 2 aromatic carbocycles. The van der Waals surface area contributed by atoms with E-state index in [0.717, 1.165) is 12.2 Å². The number of rotatable bonds is 3. The van der Waals surface area contributed by atoms with Gasteiger partial charge in [-0.05, 0) is 29.8 Å². The molecule has 0 spiro atoms. The molecule has 2 heterocycles. The molecular formula is C21H21N3O2. The normalized spacial score (nSPS) is 15.1. The summed E-state index contributed by atoms with van der Waals surface area (Å²) in [6.45, 7) is 6.02. The van der Waals surface area contributed by atoms with Gasteiger partial charge in [0.25, 0.3) is 5.56 Å². The molecule has 4 rings (SSSR count). The van der Waals surface area contributed by atoms with Gasteiger partial charge in [-0.15, -0.1) is 0 Å². The second kappa shape index (κ2) is 6.09. The number of benzene rings is 2. The molecule has 1 aliphatic heterocycles. The number of ether oxygens (including phenoxy) is 1. The lowest BCUT2D eigenvalue weighted by atomic mass is 9.87. The highest BCUT2D eigenvalue weighted by Gasteiger charge is 2.34. The Bertz CT molecular complexity index is 1050. The summed E-state index contributed by atoms with van der Waals surface area (Å²) in [5, 5.41) is 0.470. The molecule has 132 valence electrons. The summed E-state index contributed by atoms with van der Waals surface area (Å²) in [6, 6.07) is 13.8. The van der Waals surface area contributed by atoms with Crippen molar-refractivity contribution in [2.75, 3.05) is 18.6 Å². The number of aromatic nitrogens is 2. The largest absolute Gasteiger partial charge is 0.497 e. The Morgan fingerprint density at radius 3 is 2.81 bits per heavy atom. The lowest BCUT2D eigenvalue weighted by Crippen LogP contribution is -2.28. The van der Waals surface area contributed by atoms with Crippen molar-refractivity contribution in [2.24, 2.45) is 0 Å². The SMILES string of the molecule is COc1ccc2nc(CN3CC(C)(C)c4ccccc43)cnc(=O)c2c1. The summed E-state index contributed by atoms with van der Waals surface area (Å²) in [5.74, 6) is 0.626. The zero-order valence-corrected chi connectivity index (χ0v) is 15.2. The minimum Gasteiger partial charge on any atom is -0.497 e. The molecule has 0 atom stereocenters. The fourth-order valence-electron chi connectivity index (χ4n) is 3.68. The van der Waals surface area contributed by atoms with E-state index in [2.05, 4.69) is 48.0 Å². The van der Waals surface area contributed by atoms with Crippen LogP contribution in [0.5, 0.6) is 5.75 Å². The fraction of sp³-hybridized carbons (Fsp3) is 0.286. The average molecular weight is 347 g/mol. The molecule has 0 fully saturated rings. The molecule has 0 saturated carbocycles. The monoisotopic (exact) mass is 347 g/mol. The van der Waals surface area contributed by atoms with Crippen LogP contribution >= 0.6 is 0 Å². The topological polar surface area (TPSA) is 55.3 Å². The highest BCUT2D eigenvalue weighted by atomic mass is 16.5. The number of nitrogens with zero attached hydrogens (tertiary/aromatic N) is 3. The molecule has 1 aromatic heterocycles. The van der Waals surface area contributed by atoms with Crippen LogP contribution in [0.3, 0.4) is 0 Å². The van der Waals surface area contributed by atoms with Gasteiger partial charge in [0, 0.05) is 17.6 Å². The van der Waals surface area contributed by atoms with Crippen molar-refractivity contribution in [3.8, 4) is 5.75 Å². The quantitative estimate of drug-likeness (QED) is 0.728. The first kappa shape index (κ1) is 16.5. The van der Waals surface area contributed by atoms with Crippen molar-refractivity contribution >= 4 is 16.6 Å². The van der Waals surface area contributed by atoms with Crippen LogP contribution in [-0.4, -0.2) is 23.6 Å². The molecule has 0 bridgehead atoms. The Balaban J connectivity index is 1.75. The first-order valence-electron chi connectivity index (χ1n) is 8.66. The number of hydrogen-bond acceptors (Lipinski definition) is 5. The van der Waals surface area contributed by atoms with Crippen molar-refractivity contribution in [1.29, 1.82) is 0 Å².